The average molecular weight is 844 g/mol. The second-order valence-corrected chi connectivity index (χ2v) is 17.9. The third kappa shape index (κ3) is 6.03. The molecule has 0 amide bonds. The Hall–Kier alpha value is -8.47. The van der Waals surface area contributed by atoms with Crippen molar-refractivity contribution in [3.05, 3.63) is 223 Å². The number of rotatable bonds is 6. The van der Waals surface area contributed by atoms with Gasteiger partial charge in [-0.1, -0.05) is 190 Å². The van der Waals surface area contributed by atoms with Gasteiger partial charge in [-0.25, -0.2) is 15.0 Å². The summed E-state index contributed by atoms with van der Waals surface area (Å²) in [5, 5.41) is 5.45. The zero-order valence-electron chi connectivity index (χ0n) is 36.5. The highest BCUT2D eigenvalue weighted by molar-refractivity contribution is 6.27. The van der Waals surface area contributed by atoms with Crippen molar-refractivity contribution < 1.29 is 4.42 Å². The molecule has 0 radical (unpaired) electrons. The Bertz CT molecular complexity index is 3890. The van der Waals surface area contributed by atoms with E-state index in [0.29, 0.717) is 5.82 Å². The number of pyridine rings is 1. The minimum atomic E-state index is -0.135. The Kier molecular flexibility index (Phi) is 8.53. The van der Waals surface area contributed by atoms with Gasteiger partial charge in [0.25, 0.3) is 0 Å². The lowest BCUT2D eigenvalue weighted by Gasteiger charge is -2.22. The van der Waals surface area contributed by atoms with E-state index in [1.165, 1.54) is 33.4 Å². The third-order valence-corrected chi connectivity index (χ3v) is 13.7. The van der Waals surface area contributed by atoms with Crippen LogP contribution in [0.2, 0.25) is 0 Å². The fourth-order valence-corrected chi connectivity index (χ4v) is 10.4. The molecule has 1 aliphatic rings. The topological polar surface area (TPSA) is 51.8 Å². The van der Waals surface area contributed by atoms with Gasteiger partial charge in [-0.2, -0.15) is 0 Å². The van der Waals surface area contributed by atoms with Crippen molar-refractivity contribution in [3.63, 3.8) is 0 Å². The number of nitrogens with zero attached hydrogens (tertiary/aromatic N) is 3. The van der Waals surface area contributed by atoms with Gasteiger partial charge < -0.3 is 4.42 Å². The molecule has 0 saturated heterocycles. The van der Waals surface area contributed by atoms with Gasteiger partial charge in [0.15, 0.2) is 5.82 Å². The molecule has 3 aromatic heterocycles. The van der Waals surface area contributed by atoms with E-state index < -0.39 is 0 Å². The van der Waals surface area contributed by atoms with Crippen LogP contribution in [0, 0.1) is 0 Å². The molecule has 1 aliphatic carbocycles. The molecule has 0 atom stereocenters. The lowest BCUT2D eigenvalue weighted by atomic mass is 9.82. The molecule has 4 nitrogen and oxygen atoms in total. The lowest BCUT2D eigenvalue weighted by molar-refractivity contribution is 0.660. The normalized spacial score (nSPS) is 12.8. The molecule has 9 aromatic carbocycles. The van der Waals surface area contributed by atoms with Crippen molar-refractivity contribution in [2.45, 2.75) is 19.3 Å². The summed E-state index contributed by atoms with van der Waals surface area (Å²) in [5.41, 5.74) is 18.9. The summed E-state index contributed by atoms with van der Waals surface area (Å²) in [6.45, 7) is 4.64. The van der Waals surface area contributed by atoms with Crippen LogP contribution in [0.15, 0.2) is 217 Å². The van der Waals surface area contributed by atoms with Crippen molar-refractivity contribution in [2.75, 3.05) is 0 Å². The predicted molar refractivity (Wildman–Crippen MR) is 272 cm³/mol. The van der Waals surface area contributed by atoms with Crippen molar-refractivity contribution in [3.8, 4) is 78.5 Å². The second-order valence-electron chi connectivity index (χ2n) is 17.9. The number of fused-ring (bicyclic) bond motifs is 9. The summed E-state index contributed by atoms with van der Waals surface area (Å²) in [5.74, 6) is 0.682. The maximum atomic E-state index is 6.74. The van der Waals surface area contributed by atoms with Gasteiger partial charge in [-0.3, -0.25) is 0 Å². The van der Waals surface area contributed by atoms with Crippen LogP contribution in [-0.4, -0.2) is 15.0 Å². The van der Waals surface area contributed by atoms with Crippen molar-refractivity contribution in [1.29, 1.82) is 0 Å². The van der Waals surface area contributed by atoms with Crippen LogP contribution in [0.25, 0.3) is 122 Å². The van der Waals surface area contributed by atoms with E-state index in [1.54, 1.807) is 0 Å². The average Bonchev–Trinajstić information content (AvgIpc) is 3.87. The highest BCUT2D eigenvalue weighted by Crippen LogP contribution is 2.50. The van der Waals surface area contributed by atoms with Gasteiger partial charge in [0.2, 0.25) is 0 Å². The summed E-state index contributed by atoms with van der Waals surface area (Å²) < 4.78 is 6.74. The number of furan rings is 1. The Morgan fingerprint density at radius 1 is 0.364 bits per heavy atom. The van der Waals surface area contributed by atoms with Gasteiger partial charge in [0.05, 0.1) is 22.6 Å². The fourth-order valence-electron chi connectivity index (χ4n) is 10.4. The van der Waals surface area contributed by atoms with Gasteiger partial charge in [-0.15, -0.1) is 0 Å². The first-order chi connectivity index (χ1) is 32.5. The third-order valence-electron chi connectivity index (χ3n) is 13.7. The Labute approximate surface area is 382 Å². The lowest BCUT2D eigenvalue weighted by Crippen LogP contribution is -2.14. The highest BCUT2D eigenvalue weighted by atomic mass is 16.3. The fraction of sp³-hybridized carbons (Fsp3) is 0.0484. The molecule has 0 N–H and O–H groups in total. The maximum absolute atomic E-state index is 6.74. The quantitative estimate of drug-likeness (QED) is 0.157. The number of hydrogen-bond acceptors (Lipinski definition) is 4. The van der Waals surface area contributed by atoms with Crippen LogP contribution < -0.4 is 0 Å². The predicted octanol–water partition coefficient (Wildman–Crippen LogP) is 16.4. The summed E-state index contributed by atoms with van der Waals surface area (Å²) in [6.07, 6.45) is 0. The molecule has 310 valence electrons. The minimum Gasteiger partial charge on any atom is -0.456 e. The van der Waals surface area contributed by atoms with E-state index in [9.17, 15) is 0 Å². The van der Waals surface area contributed by atoms with Crippen LogP contribution >= 0.6 is 0 Å². The molecule has 0 spiro atoms. The zero-order chi connectivity index (χ0) is 43.9. The zero-order valence-corrected chi connectivity index (χ0v) is 36.5. The van der Waals surface area contributed by atoms with Gasteiger partial charge in [0.1, 0.15) is 11.2 Å². The maximum Gasteiger partial charge on any atom is 0.160 e. The summed E-state index contributed by atoms with van der Waals surface area (Å²) in [6, 6.07) is 75.3. The number of aromatic nitrogens is 3. The molecule has 0 fully saturated rings. The van der Waals surface area contributed by atoms with Crippen LogP contribution in [0.5, 0.6) is 0 Å². The van der Waals surface area contributed by atoms with E-state index in [2.05, 4.69) is 202 Å². The van der Waals surface area contributed by atoms with Crippen molar-refractivity contribution in [2.24, 2.45) is 0 Å². The Balaban J connectivity index is 1.02. The SMILES string of the molecule is CC1(C)c2ccccc2-c2ccc(-c3cc(-c4cccc(-c5nc6ccccc6c6c(-c7ccc(-c8ccccc8)cc7)c7c(cc56)oc5ccccc57)c4)nc(-c4ccccc4)n3)cc21. The molecule has 13 rings (SSSR count). The highest BCUT2D eigenvalue weighted by Gasteiger charge is 2.35. The van der Waals surface area contributed by atoms with Crippen molar-refractivity contribution in [1.82, 2.24) is 15.0 Å². The van der Waals surface area contributed by atoms with Gasteiger partial charge >= 0.3 is 0 Å². The Morgan fingerprint density at radius 2 is 0.955 bits per heavy atom. The summed E-state index contributed by atoms with van der Waals surface area (Å²) in [4.78, 5) is 16.0. The molecule has 4 heteroatoms. The molecular formula is C62H41N3O. The number of hydrogen-bond donors (Lipinski definition) is 0. The monoisotopic (exact) mass is 843 g/mol. The molecule has 66 heavy (non-hydrogen) atoms. The molecule has 0 aliphatic heterocycles. The summed E-state index contributed by atoms with van der Waals surface area (Å²) in [7, 11) is 0. The van der Waals surface area contributed by atoms with E-state index in [0.717, 1.165) is 94.1 Å². The largest absolute Gasteiger partial charge is 0.456 e. The second kappa shape index (κ2) is 14.8. The molecular weight excluding hydrogens is 803 g/mol. The van der Waals surface area contributed by atoms with E-state index in [4.69, 9.17) is 19.4 Å². The molecule has 12 aromatic rings. The first kappa shape index (κ1) is 38.0. The first-order valence-corrected chi connectivity index (χ1v) is 22.6. The van der Waals surface area contributed by atoms with E-state index >= 15 is 0 Å². The van der Waals surface area contributed by atoms with E-state index in [1.807, 2.05) is 24.3 Å². The molecule has 0 bridgehead atoms. The summed E-state index contributed by atoms with van der Waals surface area (Å²) >= 11 is 0. The first-order valence-electron chi connectivity index (χ1n) is 22.6. The standard InChI is InChI=1S/C62H41N3O/c1-62(2)50-25-12-9-22-45(50)46-33-32-43(35-51(46)62)54-37-53(64-61(65-54)41-18-7-4-8-19-41)42-20-15-21-44(34-42)60-49-36-56-59(48-24-11-14-27-55(48)66-56)57(58(49)47-23-10-13-26-52(47)63-60)40-30-28-39(29-31-40)38-16-5-3-6-17-38/h3-37H,1-2H3. The molecule has 0 unspecified atom stereocenters. The Morgan fingerprint density at radius 3 is 1.76 bits per heavy atom. The van der Waals surface area contributed by atoms with Crippen LogP contribution in [0.3, 0.4) is 0 Å². The molecule has 3 heterocycles. The van der Waals surface area contributed by atoms with Gasteiger partial charge in [-0.05, 0) is 75.3 Å². The minimum absolute atomic E-state index is 0.135. The van der Waals surface area contributed by atoms with E-state index in [-0.39, 0.29) is 5.41 Å². The smallest absolute Gasteiger partial charge is 0.160 e. The van der Waals surface area contributed by atoms with Crippen LogP contribution in [-0.2, 0) is 5.41 Å². The van der Waals surface area contributed by atoms with Crippen LogP contribution in [0.4, 0.5) is 0 Å². The van der Waals surface area contributed by atoms with Crippen LogP contribution in [0.1, 0.15) is 25.0 Å². The van der Waals surface area contributed by atoms with Gasteiger partial charge in [0, 0.05) is 60.2 Å². The number of benzene rings is 9. The molecule has 0 saturated carbocycles. The number of para-hydroxylation sites is 2. The van der Waals surface area contributed by atoms with Crippen molar-refractivity contribution >= 4 is 43.6 Å².